The van der Waals surface area contributed by atoms with Gasteiger partial charge in [-0.2, -0.15) is 0 Å². The monoisotopic (exact) mass is 401 g/mol. The molecule has 150 valence electrons. The average molecular weight is 402 g/mol. The number of carbonyl (C=O) groups excluding carboxylic acids is 2. The maximum absolute atomic E-state index is 12.8. The van der Waals surface area contributed by atoms with Gasteiger partial charge in [-0.05, 0) is 44.4 Å². The zero-order valence-corrected chi connectivity index (χ0v) is 17.7. The van der Waals surface area contributed by atoms with E-state index in [-0.39, 0.29) is 19.3 Å². The van der Waals surface area contributed by atoms with E-state index in [0.29, 0.717) is 13.1 Å². The standard InChI is InChI=1S/C22H27NO4S/c1-5-26-21(24)19(22(25)27-6-2)20-18-15(4)28-14(3)17(18)13-23(20)12-16-10-8-7-9-11-16/h7-11,19-20H,5-6,12-13H2,1-4H3. The number of aryl methyl sites for hydroxylation is 2. The van der Waals surface area contributed by atoms with Gasteiger partial charge in [0.15, 0.2) is 5.92 Å². The molecule has 0 saturated heterocycles. The zero-order valence-electron chi connectivity index (χ0n) is 16.9. The van der Waals surface area contributed by atoms with Crippen LogP contribution >= 0.6 is 11.3 Å². The molecule has 1 aliphatic heterocycles. The summed E-state index contributed by atoms with van der Waals surface area (Å²) in [7, 11) is 0. The molecule has 1 unspecified atom stereocenters. The maximum atomic E-state index is 12.8. The Balaban J connectivity index is 2.04. The van der Waals surface area contributed by atoms with Crippen molar-refractivity contribution in [3.05, 3.63) is 56.8 Å². The zero-order chi connectivity index (χ0) is 20.3. The first-order valence-corrected chi connectivity index (χ1v) is 10.5. The van der Waals surface area contributed by atoms with Crippen molar-refractivity contribution in [3.8, 4) is 0 Å². The van der Waals surface area contributed by atoms with Gasteiger partial charge in [0, 0.05) is 22.8 Å². The topological polar surface area (TPSA) is 55.8 Å². The van der Waals surface area contributed by atoms with Gasteiger partial charge >= 0.3 is 11.9 Å². The van der Waals surface area contributed by atoms with Crippen molar-refractivity contribution in [2.75, 3.05) is 13.2 Å². The van der Waals surface area contributed by atoms with Crippen LogP contribution in [0.1, 0.15) is 46.3 Å². The third-order valence-electron chi connectivity index (χ3n) is 5.11. The number of ether oxygens (including phenoxy) is 2. The molecular formula is C22H27NO4S. The third kappa shape index (κ3) is 3.98. The fourth-order valence-corrected chi connectivity index (χ4v) is 5.09. The molecule has 1 atom stereocenters. The van der Waals surface area contributed by atoms with E-state index >= 15 is 0 Å². The van der Waals surface area contributed by atoms with Crippen molar-refractivity contribution in [2.24, 2.45) is 5.92 Å². The van der Waals surface area contributed by atoms with Gasteiger partial charge in [-0.3, -0.25) is 14.5 Å². The number of fused-ring (bicyclic) bond motifs is 1. The minimum atomic E-state index is -0.988. The van der Waals surface area contributed by atoms with Gasteiger partial charge in [-0.15, -0.1) is 11.3 Å². The lowest BCUT2D eigenvalue weighted by Crippen LogP contribution is -2.39. The van der Waals surface area contributed by atoms with Crippen LogP contribution in [0.4, 0.5) is 0 Å². The van der Waals surface area contributed by atoms with Crippen LogP contribution in [0.2, 0.25) is 0 Å². The molecule has 0 saturated carbocycles. The number of carbonyl (C=O) groups is 2. The Morgan fingerprint density at radius 1 is 1.07 bits per heavy atom. The molecule has 0 fully saturated rings. The summed E-state index contributed by atoms with van der Waals surface area (Å²) in [5.41, 5.74) is 3.45. The minimum absolute atomic E-state index is 0.231. The lowest BCUT2D eigenvalue weighted by molar-refractivity contribution is -0.165. The molecule has 2 heterocycles. The lowest BCUT2D eigenvalue weighted by atomic mass is 9.92. The molecule has 1 aliphatic rings. The van der Waals surface area contributed by atoms with Gasteiger partial charge in [0.05, 0.1) is 19.3 Å². The molecule has 1 aromatic carbocycles. The predicted octanol–water partition coefficient (Wildman–Crippen LogP) is 4.16. The molecule has 0 aliphatic carbocycles. The van der Waals surface area contributed by atoms with Crippen LogP contribution in [-0.2, 0) is 32.2 Å². The number of benzene rings is 1. The van der Waals surface area contributed by atoms with Crippen molar-refractivity contribution < 1.29 is 19.1 Å². The van der Waals surface area contributed by atoms with Gasteiger partial charge < -0.3 is 9.47 Å². The largest absolute Gasteiger partial charge is 0.465 e. The summed E-state index contributed by atoms with van der Waals surface area (Å²) in [4.78, 5) is 30.2. The molecule has 2 aromatic rings. The first-order chi connectivity index (χ1) is 13.5. The third-order valence-corrected chi connectivity index (χ3v) is 6.19. The van der Waals surface area contributed by atoms with E-state index in [1.165, 1.54) is 10.4 Å². The summed E-state index contributed by atoms with van der Waals surface area (Å²) in [5, 5.41) is 0. The average Bonchev–Trinajstić information content (AvgIpc) is 3.15. The number of rotatable bonds is 7. The van der Waals surface area contributed by atoms with Crippen LogP contribution in [0.5, 0.6) is 0 Å². The summed E-state index contributed by atoms with van der Waals surface area (Å²) in [5.74, 6) is -2.02. The highest BCUT2D eigenvalue weighted by atomic mass is 32.1. The smallest absolute Gasteiger partial charge is 0.322 e. The first kappa shape index (κ1) is 20.6. The summed E-state index contributed by atoms with van der Waals surface area (Å²) >= 11 is 1.72. The van der Waals surface area contributed by atoms with Gasteiger partial charge in [-0.25, -0.2) is 0 Å². The molecule has 5 nitrogen and oxygen atoms in total. The Bertz CT molecular complexity index is 828. The van der Waals surface area contributed by atoms with Gasteiger partial charge in [0.2, 0.25) is 0 Å². The van der Waals surface area contributed by atoms with Crippen LogP contribution in [0, 0.1) is 19.8 Å². The molecule has 0 radical (unpaired) electrons. The molecule has 3 rings (SSSR count). The van der Waals surface area contributed by atoms with E-state index in [9.17, 15) is 9.59 Å². The highest BCUT2D eigenvalue weighted by Gasteiger charge is 2.47. The summed E-state index contributed by atoms with van der Waals surface area (Å²) in [6.07, 6.45) is 0. The van der Waals surface area contributed by atoms with Gasteiger partial charge in [0.1, 0.15) is 0 Å². The van der Waals surface area contributed by atoms with E-state index in [1.54, 1.807) is 25.2 Å². The minimum Gasteiger partial charge on any atom is -0.465 e. The lowest BCUT2D eigenvalue weighted by Gasteiger charge is -2.30. The molecule has 0 amide bonds. The van der Waals surface area contributed by atoms with Crippen LogP contribution in [0.15, 0.2) is 30.3 Å². The Hall–Kier alpha value is -2.18. The van der Waals surface area contributed by atoms with E-state index in [1.807, 2.05) is 18.2 Å². The number of thiophene rings is 1. The van der Waals surface area contributed by atoms with E-state index in [4.69, 9.17) is 9.47 Å². The molecule has 0 spiro atoms. The molecule has 0 bridgehead atoms. The number of nitrogens with zero attached hydrogens (tertiary/aromatic N) is 1. The quantitative estimate of drug-likeness (QED) is 0.515. The van der Waals surface area contributed by atoms with Crippen molar-refractivity contribution in [1.29, 1.82) is 0 Å². The SMILES string of the molecule is CCOC(=O)C(C(=O)OCC)C1c2c(C)sc(C)c2CN1Cc1ccccc1. The van der Waals surface area contributed by atoms with Gasteiger partial charge in [0.25, 0.3) is 0 Å². The normalized spacial score (nSPS) is 16.2. The molecule has 28 heavy (non-hydrogen) atoms. The number of hydrogen-bond donors (Lipinski definition) is 0. The Kier molecular flexibility index (Phi) is 6.52. The summed E-state index contributed by atoms with van der Waals surface area (Å²) in [6, 6.07) is 9.73. The first-order valence-electron chi connectivity index (χ1n) is 9.67. The van der Waals surface area contributed by atoms with Crippen LogP contribution in [0.3, 0.4) is 0 Å². The van der Waals surface area contributed by atoms with E-state index in [2.05, 4.69) is 30.9 Å². The van der Waals surface area contributed by atoms with Crippen molar-refractivity contribution >= 4 is 23.3 Å². The van der Waals surface area contributed by atoms with Crippen molar-refractivity contribution in [3.63, 3.8) is 0 Å². The van der Waals surface area contributed by atoms with Crippen molar-refractivity contribution in [2.45, 2.75) is 46.8 Å². The Labute approximate surface area is 170 Å². The fraction of sp³-hybridized carbons (Fsp3) is 0.455. The second kappa shape index (κ2) is 8.88. The molecule has 1 aromatic heterocycles. The second-order valence-electron chi connectivity index (χ2n) is 6.92. The van der Waals surface area contributed by atoms with Crippen LogP contribution in [-0.4, -0.2) is 30.1 Å². The maximum Gasteiger partial charge on any atom is 0.322 e. The number of hydrogen-bond acceptors (Lipinski definition) is 6. The summed E-state index contributed by atoms with van der Waals surface area (Å²) < 4.78 is 10.6. The fourth-order valence-electron chi connectivity index (χ4n) is 3.98. The van der Waals surface area contributed by atoms with Crippen LogP contribution < -0.4 is 0 Å². The van der Waals surface area contributed by atoms with Gasteiger partial charge in [-0.1, -0.05) is 30.3 Å². The van der Waals surface area contributed by atoms with Crippen molar-refractivity contribution in [1.82, 2.24) is 4.90 Å². The second-order valence-corrected chi connectivity index (χ2v) is 8.35. The van der Waals surface area contributed by atoms with E-state index in [0.717, 1.165) is 16.0 Å². The molecule has 6 heteroatoms. The Morgan fingerprint density at radius 2 is 1.68 bits per heavy atom. The number of esters is 2. The summed E-state index contributed by atoms with van der Waals surface area (Å²) in [6.45, 7) is 9.48. The highest BCUT2D eigenvalue weighted by Crippen LogP contribution is 2.46. The molecule has 0 N–H and O–H groups in total. The highest BCUT2D eigenvalue weighted by molar-refractivity contribution is 7.12. The Morgan fingerprint density at radius 3 is 2.25 bits per heavy atom. The predicted molar refractivity (Wildman–Crippen MR) is 109 cm³/mol. The van der Waals surface area contributed by atoms with Crippen LogP contribution in [0.25, 0.3) is 0 Å². The molecular weight excluding hydrogens is 374 g/mol. The van der Waals surface area contributed by atoms with E-state index < -0.39 is 17.9 Å².